The third kappa shape index (κ3) is 3.33. The molecule has 0 N–H and O–H groups in total. The van der Waals surface area contributed by atoms with Crippen LogP contribution in [0.3, 0.4) is 0 Å². The molecule has 0 fully saturated rings. The van der Waals surface area contributed by atoms with E-state index in [4.69, 9.17) is 9.47 Å². The zero-order valence-corrected chi connectivity index (χ0v) is 11.5. The average Bonchev–Trinajstić information content (AvgIpc) is 2.37. The summed E-state index contributed by atoms with van der Waals surface area (Å²) in [5, 5.41) is 0. The number of pyridine rings is 1. The molecule has 1 aromatic carbocycles. The van der Waals surface area contributed by atoms with Gasteiger partial charge in [0.15, 0.2) is 0 Å². The molecule has 0 aliphatic rings. The predicted octanol–water partition coefficient (Wildman–Crippen LogP) is 3.27. The summed E-state index contributed by atoms with van der Waals surface area (Å²) in [7, 11) is 1.61. The highest BCUT2D eigenvalue weighted by atomic mass is 127. The van der Waals surface area contributed by atoms with Crippen LogP contribution in [0.25, 0.3) is 0 Å². The summed E-state index contributed by atoms with van der Waals surface area (Å²) in [5.74, 6) is 1.46. The van der Waals surface area contributed by atoms with Gasteiger partial charge in [-0.05, 0) is 52.9 Å². The van der Waals surface area contributed by atoms with Crippen molar-refractivity contribution in [3.63, 3.8) is 0 Å². The molecular weight excluding hydrogens is 329 g/mol. The molecule has 0 atom stereocenters. The van der Waals surface area contributed by atoms with E-state index in [0.29, 0.717) is 12.5 Å². The van der Waals surface area contributed by atoms with E-state index in [9.17, 15) is 0 Å². The fourth-order valence-electron chi connectivity index (χ4n) is 1.44. The summed E-state index contributed by atoms with van der Waals surface area (Å²) in [6, 6.07) is 11.7. The largest absolute Gasteiger partial charge is 0.489 e. The van der Waals surface area contributed by atoms with Crippen LogP contribution in [-0.4, -0.2) is 12.1 Å². The van der Waals surface area contributed by atoms with Crippen molar-refractivity contribution in [2.75, 3.05) is 7.11 Å². The summed E-state index contributed by atoms with van der Waals surface area (Å²) in [6.45, 7) is 0.455. The summed E-state index contributed by atoms with van der Waals surface area (Å²) in [5.41, 5.74) is 0.939. The standard InChI is InChI=1S/C13H12INO2/c1-16-13-10(4-3-7-15-13)9-17-12-6-2-5-11(14)8-12/h2-8H,9H2,1H3. The lowest BCUT2D eigenvalue weighted by atomic mass is 10.3. The summed E-state index contributed by atoms with van der Waals surface area (Å²) < 4.78 is 12.0. The van der Waals surface area contributed by atoms with E-state index in [1.165, 1.54) is 0 Å². The molecule has 2 aromatic rings. The number of benzene rings is 1. The van der Waals surface area contributed by atoms with Gasteiger partial charge < -0.3 is 9.47 Å². The van der Waals surface area contributed by atoms with Crippen molar-refractivity contribution in [2.45, 2.75) is 6.61 Å². The highest BCUT2D eigenvalue weighted by Gasteiger charge is 2.04. The van der Waals surface area contributed by atoms with Crippen LogP contribution in [0.2, 0.25) is 0 Å². The van der Waals surface area contributed by atoms with Crippen molar-refractivity contribution in [1.29, 1.82) is 0 Å². The lowest BCUT2D eigenvalue weighted by Gasteiger charge is -2.09. The molecule has 0 radical (unpaired) electrons. The van der Waals surface area contributed by atoms with Gasteiger partial charge in [0.2, 0.25) is 5.88 Å². The lowest BCUT2D eigenvalue weighted by Crippen LogP contribution is -2.00. The SMILES string of the molecule is COc1ncccc1COc1cccc(I)c1. The first-order chi connectivity index (χ1) is 8.29. The Labute approximate surface area is 114 Å². The van der Waals surface area contributed by atoms with Gasteiger partial charge in [0.1, 0.15) is 12.4 Å². The van der Waals surface area contributed by atoms with E-state index in [-0.39, 0.29) is 0 Å². The van der Waals surface area contributed by atoms with Crippen molar-refractivity contribution in [2.24, 2.45) is 0 Å². The van der Waals surface area contributed by atoms with Crippen molar-refractivity contribution in [1.82, 2.24) is 4.98 Å². The Hall–Kier alpha value is -1.30. The zero-order chi connectivity index (χ0) is 12.1. The number of rotatable bonds is 4. The van der Waals surface area contributed by atoms with E-state index in [1.807, 2.05) is 36.4 Å². The van der Waals surface area contributed by atoms with Crippen LogP contribution < -0.4 is 9.47 Å². The molecule has 88 valence electrons. The van der Waals surface area contributed by atoms with Gasteiger partial charge in [-0.25, -0.2) is 4.98 Å². The van der Waals surface area contributed by atoms with Crippen molar-refractivity contribution < 1.29 is 9.47 Å². The topological polar surface area (TPSA) is 31.4 Å². The van der Waals surface area contributed by atoms with Gasteiger partial charge in [-0.2, -0.15) is 0 Å². The first-order valence-electron chi connectivity index (χ1n) is 5.16. The Kier molecular flexibility index (Phi) is 4.19. The second-order valence-corrected chi connectivity index (χ2v) is 4.66. The second kappa shape index (κ2) is 5.86. The Morgan fingerprint density at radius 1 is 1.24 bits per heavy atom. The molecule has 4 heteroatoms. The smallest absolute Gasteiger partial charge is 0.219 e. The maximum absolute atomic E-state index is 5.69. The molecule has 2 rings (SSSR count). The molecule has 0 aliphatic carbocycles. The first-order valence-corrected chi connectivity index (χ1v) is 6.23. The molecule has 0 spiro atoms. The van der Waals surface area contributed by atoms with Crippen LogP contribution in [0.1, 0.15) is 5.56 Å². The number of hydrogen-bond acceptors (Lipinski definition) is 3. The molecule has 0 saturated heterocycles. The van der Waals surface area contributed by atoms with Gasteiger partial charge >= 0.3 is 0 Å². The van der Waals surface area contributed by atoms with Crippen molar-refractivity contribution in [3.05, 3.63) is 51.7 Å². The van der Waals surface area contributed by atoms with Gasteiger partial charge in [-0.1, -0.05) is 6.07 Å². The second-order valence-electron chi connectivity index (χ2n) is 3.42. The number of ether oxygens (including phenoxy) is 2. The molecular formula is C13H12INO2. The molecule has 1 aromatic heterocycles. The molecule has 0 aliphatic heterocycles. The maximum Gasteiger partial charge on any atom is 0.219 e. The monoisotopic (exact) mass is 341 g/mol. The maximum atomic E-state index is 5.69. The Bertz CT molecular complexity index is 502. The summed E-state index contributed by atoms with van der Waals surface area (Å²) >= 11 is 2.26. The number of aromatic nitrogens is 1. The Morgan fingerprint density at radius 2 is 2.12 bits per heavy atom. The molecule has 0 amide bonds. The van der Waals surface area contributed by atoms with Gasteiger partial charge in [-0.15, -0.1) is 0 Å². The quantitative estimate of drug-likeness (QED) is 0.800. The van der Waals surface area contributed by atoms with Crippen LogP contribution in [0.15, 0.2) is 42.6 Å². The highest BCUT2D eigenvalue weighted by molar-refractivity contribution is 14.1. The normalized spacial score (nSPS) is 10.0. The van der Waals surface area contributed by atoms with E-state index in [2.05, 4.69) is 27.6 Å². The van der Waals surface area contributed by atoms with Crippen LogP contribution in [0.5, 0.6) is 11.6 Å². The molecule has 3 nitrogen and oxygen atoms in total. The molecule has 0 bridgehead atoms. The lowest BCUT2D eigenvalue weighted by molar-refractivity contribution is 0.293. The van der Waals surface area contributed by atoms with E-state index >= 15 is 0 Å². The van der Waals surface area contributed by atoms with Gasteiger partial charge in [0.25, 0.3) is 0 Å². The fourth-order valence-corrected chi connectivity index (χ4v) is 1.95. The number of halogens is 1. The van der Waals surface area contributed by atoms with Crippen molar-refractivity contribution >= 4 is 22.6 Å². The minimum atomic E-state index is 0.455. The van der Waals surface area contributed by atoms with E-state index in [1.54, 1.807) is 13.3 Å². The Balaban J connectivity index is 2.07. The van der Waals surface area contributed by atoms with Crippen molar-refractivity contribution in [3.8, 4) is 11.6 Å². The van der Waals surface area contributed by atoms with Crippen LogP contribution in [0.4, 0.5) is 0 Å². The number of hydrogen-bond donors (Lipinski definition) is 0. The van der Waals surface area contributed by atoms with E-state index in [0.717, 1.165) is 14.9 Å². The third-order valence-electron chi connectivity index (χ3n) is 2.23. The zero-order valence-electron chi connectivity index (χ0n) is 9.39. The molecule has 0 saturated carbocycles. The predicted molar refractivity (Wildman–Crippen MR) is 74.3 cm³/mol. The van der Waals surface area contributed by atoms with Crippen LogP contribution >= 0.6 is 22.6 Å². The van der Waals surface area contributed by atoms with Crippen LogP contribution in [0, 0.1) is 3.57 Å². The molecule has 1 heterocycles. The highest BCUT2D eigenvalue weighted by Crippen LogP contribution is 2.19. The minimum absolute atomic E-state index is 0.455. The Morgan fingerprint density at radius 3 is 2.88 bits per heavy atom. The molecule has 0 unspecified atom stereocenters. The van der Waals surface area contributed by atoms with Gasteiger partial charge in [-0.3, -0.25) is 0 Å². The fraction of sp³-hybridized carbons (Fsp3) is 0.154. The van der Waals surface area contributed by atoms with Crippen LogP contribution in [-0.2, 0) is 6.61 Å². The summed E-state index contributed by atoms with van der Waals surface area (Å²) in [4.78, 5) is 4.12. The number of nitrogens with zero attached hydrogens (tertiary/aromatic N) is 1. The number of methoxy groups -OCH3 is 1. The molecule has 17 heavy (non-hydrogen) atoms. The third-order valence-corrected chi connectivity index (χ3v) is 2.90. The average molecular weight is 341 g/mol. The van der Waals surface area contributed by atoms with Gasteiger partial charge in [0.05, 0.1) is 12.7 Å². The first kappa shape index (κ1) is 12.2. The summed E-state index contributed by atoms with van der Waals surface area (Å²) in [6.07, 6.45) is 1.70. The minimum Gasteiger partial charge on any atom is -0.489 e. The van der Waals surface area contributed by atoms with E-state index < -0.39 is 0 Å². The van der Waals surface area contributed by atoms with Gasteiger partial charge in [0, 0.05) is 9.77 Å².